The predicted octanol–water partition coefficient (Wildman–Crippen LogP) is 3.74. The zero-order valence-electron chi connectivity index (χ0n) is 13.1. The molecule has 6 heteroatoms. The number of esters is 1. The van der Waals surface area contributed by atoms with Crippen molar-refractivity contribution in [2.75, 3.05) is 7.11 Å². The highest BCUT2D eigenvalue weighted by Crippen LogP contribution is 2.22. The van der Waals surface area contributed by atoms with Crippen molar-refractivity contribution in [3.8, 4) is 0 Å². The molecule has 0 bridgehead atoms. The number of aromatic nitrogens is 2. The van der Waals surface area contributed by atoms with Crippen LogP contribution in [-0.2, 0) is 16.9 Å². The lowest BCUT2D eigenvalue weighted by Gasteiger charge is -2.01. The van der Waals surface area contributed by atoms with Gasteiger partial charge in [-0.2, -0.15) is 0 Å². The Kier molecular flexibility index (Phi) is 5.28. The summed E-state index contributed by atoms with van der Waals surface area (Å²) in [5, 5.41) is 8.67. The summed E-state index contributed by atoms with van der Waals surface area (Å²) < 4.78 is 10.3. The number of thioether (sulfide) groups is 1. The van der Waals surface area contributed by atoms with Crippen molar-refractivity contribution in [2.24, 2.45) is 0 Å². The molecule has 0 aliphatic carbocycles. The highest BCUT2D eigenvalue weighted by atomic mass is 32.2. The summed E-state index contributed by atoms with van der Waals surface area (Å²) in [6.07, 6.45) is 0.627. The molecule has 3 rings (SSSR count). The molecule has 0 N–H and O–H groups in total. The Hall–Kier alpha value is -2.60. The molecule has 0 fully saturated rings. The molecule has 24 heavy (non-hydrogen) atoms. The molecule has 1 aromatic heterocycles. The van der Waals surface area contributed by atoms with Gasteiger partial charge in [0.15, 0.2) is 0 Å². The maximum atomic E-state index is 11.4. The van der Waals surface area contributed by atoms with Crippen LogP contribution < -0.4 is 0 Å². The molecule has 0 saturated heterocycles. The van der Waals surface area contributed by atoms with E-state index in [4.69, 9.17) is 4.42 Å². The van der Waals surface area contributed by atoms with Gasteiger partial charge < -0.3 is 9.15 Å². The molecule has 0 aliphatic rings. The third-order valence-corrected chi connectivity index (χ3v) is 4.27. The average Bonchev–Trinajstić information content (AvgIpc) is 3.08. The average molecular weight is 340 g/mol. The summed E-state index contributed by atoms with van der Waals surface area (Å²) in [4.78, 5) is 11.4. The van der Waals surface area contributed by atoms with E-state index in [0.29, 0.717) is 28.9 Å². The minimum atomic E-state index is -0.336. The Labute approximate surface area is 144 Å². The fourth-order valence-corrected chi connectivity index (χ4v) is 2.87. The van der Waals surface area contributed by atoms with Crippen molar-refractivity contribution in [1.82, 2.24) is 10.2 Å². The molecule has 0 spiro atoms. The van der Waals surface area contributed by atoms with Gasteiger partial charge in [0.1, 0.15) is 0 Å². The highest BCUT2D eigenvalue weighted by molar-refractivity contribution is 7.98. The molecule has 0 aliphatic heterocycles. The second-order valence-electron chi connectivity index (χ2n) is 5.10. The Bertz CT molecular complexity index is 801. The second kappa shape index (κ2) is 7.79. The van der Waals surface area contributed by atoms with E-state index in [9.17, 15) is 4.79 Å². The van der Waals surface area contributed by atoms with E-state index in [2.05, 4.69) is 14.9 Å². The van der Waals surface area contributed by atoms with Gasteiger partial charge in [-0.1, -0.05) is 54.2 Å². The molecular weight excluding hydrogens is 324 g/mol. The maximum absolute atomic E-state index is 11.4. The number of carbonyl (C=O) groups excluding carboxylic acids is 1. The summed E-state index contributed by atoms with van der Waals surface area (Å²) in [6.45, 7) is 0. The van der Waals surface area contributed by atoms with E-state index in [0.717, 1.165) is 11.1 Å². The SMILES string of the molecule is COC(=O)c1ccc(CSc2nnc(Cc3ccccc3)o2)cc1. The van der Waals surface area contributed by atoms with Crippen molar-refractivity contribution in [1.29, 1.82) is 0 Å². The van der Waals surface area contributed by atoms with Gasteiger partial charge >= 0.3 is 5.97 Å². The number of benzene rings is 2. The molecule has 2 aromatic carbocycles. The largest absolute Gasteiger partial charge is 0.465 e. The smallest absolute Gasteiger partial charge is 0.337 e. The lowest BCUT2D eigenvalue weighted by atomic mass is 10.1. The first-order valence-corrected chi connectivity index (χ1v) is 8.39. The topological polar surface area (TPSA) is 65.2 Å². The molecule has 1 heterocycles. The van der Waals surface area contributed by atoms with Crippen LogP contribution in [0.1, 0.15) is 27.4 Å². The van der Waals surface area contributed by atoms with E-state index in [1.165, 1.54) is 18.9 Å². The highest BCUT2D eigenvalue weighted by Gasteiger charge is 2.09. The van der Waals surface area contributed by atoms with Gasteiger partial charge in [0.25, 0.3) is 5.22 Å². The second-order valence-corrected chi connectivity index (χ2v) is 6.03. The molecule has 0 atom stereocenters. The first-order chi connectivity index (χ1) is 11.7. The number of hydrogen-bond acceptors (Lipinski definition) is 6. The Morgan fingerprint density at radius 2 is 1.79 bits per heavy atom. The van der Waals surface area contributed by atoms with Gasteiger partial charge in [0, 0.05) is 5.75 Å². The van der Waals surface area contributed by atoms with Crippen molar-refractivity contribution in [2.45, 2.75) is 17.4 Å². The monoisotopic (exact) mass is 340 g/mol. The summed E-state index contributed by atoms with van der Waals surface area (Å²) in [7, 11) is 1.37. The summed E-state index contributed by atoms with van der Waals surface area (Å²) in [6, 6.07) is 17.3. The zero-order valence-corrected chi connectivity index (χ0v) is 14.0. The van der Waals surface area contributed by atoms with Crippen molar-refractivity contribution in [3.05, 3.63) is 77.2 Å². The van der Waals surface area contributed by atoms with Crippen LogP contribution in [0.5, 0.6) is 0 Å². The van der Waals surface area contributed by atoms with E-state index in [-0.39, 0.29) is 5.97 Å². The number of hydrogen-bond donors (Lipinski definition) is 0. The van der Waals surface area contributed by atoms with Crippen LogP contribution in [0.4, 0.5) is 0 Å². The summed E-state index contributed by atoms with van der Waals surface area (Å²) >= 11 is 1.47. The van der Waals surface area contributed by atoms with Crippen molar-refractivity contribution in [3.63, 3.8) is 0 Å². The molecule has 122 valence electrons. The number of nitrogens with zero attached hydrogens (tertiary/aromatic N) is 2. The van der Waals surface area contributed by atoms with Gasteiger partial charge in [0.2, 0.25) is 5.89 Å². The molecule has 0 amide bonds. The molecule has 0 unspecified atom stereocenters. The zero-order chi connectivity index (χ0) is 16.8. The molecular formula is C18H16N2O3S. The standard InChI is InChI=1S/C18H16N2O3S/c1-22-17(21)15-9-7-14(8-10-15)12-24-18-20-19-16(23-18)11-13-5-3-2-4-6-13/h2-10H,11-12H2,1H3. The lowest BCUT2D eigenvalue weighted by Crippen LogP contribution is -2.00. The maximum Gasteiger partial charge on any atom is 0.337 e. The fourth-order valence-electron chi connectivity index (χ4n) is 2.14. The summed E-state index contributed by atoms with van der Waals surface area (Å²) in [5.74, 6) is 0.954. The van der Waals surface area contributed by atoms with Crippen LogP contribution in [0.15, 0.2) is 64.2 Å². The van der Waals surface area contributed by atoms with E-state index >= 15 is 0 Å². The Morgan fingerprint density at radius 1 is 1.04 bits per heavy atom. The van der Waals surface area contributed by atoms with Crippen LogP contribution in [0.3, 0.4) is 0 Å². The van der Waals surface area contributed by atoms with Crippen LogP contribution in [0.2, 0.25) is 0 Å². The quantitative estimate of drug-likeness (QED) is 0.503. The van der Waals surface area contributed by atoms with E-state index in [1.54, 1.807) is 12.1 Å². The van der Waals surface area contributed by atoms with Crippen LogP contribution in [-0.4, -0.2) is 23.3 Å². The molecule has 0 radical (unpaired) electrons. The summed E-state index contributed by atoms with van der Waals surface area (Å²) in [5.41, 5.74) is 2.74. The van der Waals surface area contributed by atoms with Gasteiger partial charge in [-0.25, -0.2) is 4.79 Å². The minimum absolute atomic E-state index is 0.336. The fraction of sp³-hybridized carbons (Fsp3) is 0.167. The first-order valence-electron chi connectivity index (χ1n) is 7.41. The first kappa shape index (κ1) is 16.3. The van der Waals surface area contributed by atoms with Crippen LogP contribution in [0.25, 0.3) is 0 Å². The molecule has 0 saturated carbocycles. The third-order valence-electron chi connectivity index (χ3n) is 3.38. The van der Waals surface area contributed by atoms with Crippen LogP contribution >= 0.6 is 11.8 Å². The van der Waals surface area contributed by atoms with Gasteiger partial charge in [0.05, 0.1) is 19.1 Å². The van der Waals surface area contributed by atoms with E-state index in [1.807, 2.05) is 42.5 Å². The number of ether oxygens (including phenoxy) is 1. The molecule has 5 nitrogen and oxygen atoms in total. The third kappa shape index (κ3) is 4.23. The van der Waals surface area contributed by atoms with Gasteiger partial charge in [-0.05, 0) is 23.3 Å². The number of rotatable bonds is 6. The van der Waals surface area contributed by atoms with E-state index < -0.39 is 0 Å². The number of carbonyl (C=O) groups is 1. The number of methoxy groups -OCH3 is 1. The van der Waals surface area contributed by atoms with Gasteiger partial charge in [-0.15, -0.1) is 10.2 Å². The van der Waals surface area contributed by atoms with Gasteiger partial charge in [-0.3, -0.25) is 0 Å². The Morgan fingerprint density at radius 3 is 2.50 bits per heavy atom. The minimum Gasteiger partial charge on any atom is -0.465 e. The Balaban J connectivity index is 1.56. The lowest BCUT2D eigenvalue weighted by molar-refractivity contribution is 0.0600. The molecule has 3 aromatic rings. The predicted molar refractivity (Wildman–Crippen MR) is 90.9 cm³/mol. The van der Waals surface area contributed by atoms with Crippen molar-refractivity contribution < 1.29 is 13.9 Å². The van der Waals surface area contributed by atoms with Crippen molar-refractivity contribution >= 4 is 17.7 Å². The normalized spacial score (nSPS) is 10.5. The van der Waals surface area contributed by atoms with Crippen LogP contribution in [0, 0.1) is 0 Å².